The van der Waals surface area contributed by atoms with E-state index in [4.69, 9.17) is 0 Å². The molecule has 0 N–H and O–H groups in total. The Labute approximate surface area is 174 Å². The van der Waals surface area contributed by atoms with Crippen molar-refractivity contribution in [2.75, 3.05) is 31.1 Å². The molecule has 1 aromatic heterocycles. The molecule has 1 fully saturated rings. The van der Waals surface area contributed by atoms with E-state index in [1.165, 1.54) is 22.1 Å². The lowest BCUT2D eigenvalue weighted by atomic mass is 10.0. The highest BCUT2D eigenvalue weighted by Crippen LogP contribution is 2.22. The third kappa shape index (κ3) is 3.87. The van der Waals surface area contributed by atoms with Crippen LogP contribution in [0.2, 0.25) is 0 Å². The number of piperazine rings is 1. The normalized spacial score (nSPS) is 14.1. The van der Waals surface area contributed by atoms with Crippen LogP contribution in [0.1, 0.15) is 21.5 Å². The van der Waals surface area contributed by atoms with Crippen molar-refractivity contribution in [1.29, 1.82) is 0 Å². The van der Waals surface area contributed by atoms with Crippen LogP contribution in [0.25, 0.3) is 11.3 Å². The Morgan fingerprint density at radius 2 is 1.57 bits per heavy atom. The zero-order chi connectivity index (χ0) is 21.3. The van der Waals surface area contributed by atoms with E-state index in [1.807, 2.05) is 23.1 Å². The first-order valence-corrected chi connectivity index (χ1v) is 9.83. The maximum absolute atomic E-state index is 13.9. The summed E-state index contributed by atoms with van der Waals surface area (Å²) in [6.45, 7) is 5.87. The summed E-state index contributed by atoms with van der Waals surface area (Å²) >= 11 is 0. The van der Waals surface area contributed by atoms with E-state index in [0.717, 1.165) is 23.4 Å². The van der Waals surface area contributed by atoms with Crippen molar-refractivity contribution in [3.63, 3.8) is 0 Å². The van der Waals surface area contributed by atoms with Crippen LogP contribution in [0.3, 0.4) is 0 Å². The van der Waals surface area contributed by atoms with E-state index in [9.17, 15) is 13.6 Å². The topological polar surface area (TPSA) is 49.3 Å². The second-order valence-corrected chi connectivity index (χ2v) is 7.45. The van der Waals surface area contributed by atoms with Crippen LogP contribution in [0, 0.1) is 25.5 Å². The first-order valence-electron chi connectivity index (χ1n) is 9.83. The van der Waals surface area contributed by atoms with Gasteiger partial charge in [-0.25, -0.2) is 8.78 Å². The second kappa shape index (κ2) is 8.18. The van der Waals surface area contributed by atoms with Crippen molar-refractivity contribution in [3.8, 4) is 11.3 Å². The molecule has 1 amide bonds. The predicted molar refractivity (Wildman–Crippen MR) is 111 cm³/mol. The van der Waals surface area contributed by atoms with Crippen molar-refractivity contribution in [2.24, 2.45) is 0 Å². The Morgan fingerprint density at radius 3 is 2.17 bits per heavy atom. The summed E-state index contributed by atoms with van der Waals surface area (Å²) in [6, 6.07) is 13.5. The van der Waals surface area contributed by atoms with Gasteiger partial charge in [0.25, 0.3) is 5.91 Å². The molecule has 4 rings (SSSR count). The summed E-state index contributed by atoms with van der Waals surface area (Å²) in [6.07, 6.45) is 0. The average molecular weight is 408 g/mol. The van der Waals surface area contributed by atoms with Crippen LogP contribution in [-0.2, 0) is 0 Å². The largest absolute Gasteiger partial charge is 0.352 e. The Balaban J connectivity index is 1.43. The minimum Gasteiger partial charge on any atom is -0.352 e. The molecular formula is C23H22F2N4O. The number of aromatic nitrogens is 2. The number of hydrogen-bond donors (Lipinski definition) is 0. The first-order chi connectivity index (χ1) is 14.4. The fourth-order valence-electron chi connectivity index (χ4n) is 3.55. The zero-order valence-electron chi connectivity index (χ0n) is 16.9. The second-order valence-electron chi connectivity index (χ2n) is 7.45. The number of aryl methyl sites for hydroxylation is 2. The Hall–Kier alpha value is -3.35. The molecule has 0 saturated carbocycles. The van der Waals surface area contributed by atoms with Crippen LogP contribution in [0.15, 0.2) is 48.5 Å². The number of nitrogens with zero attached hydrogens (tertiary/aromatic N) is 4. The Kier molecular flexibility index (Phi) is 5.44. The predicted octanol–water partition coefficient (Wildman–Crippen LogP) is 4.00. The number of amides is 1. The van der Waals surface area contributed by atoms with Gasteiger partial charge in [-0.1, -0.05) is 18.2 Å². The third-order valence-corrected chi connectivity index (χ3v) is 5.52. The minimum absolute atomic E-state index is 0.354. The highest BCUT2D eigenvalue weighted by Gasteiger charge is 2.27. The number of halogens is 2. The van der Waals surface area contributed by atoms with Gasteiger partial charge < -0.3 is 9.80 Å². The van der Waals surface area contributed by atoms with Gasteiger partial charge in [-0.15, -0.1) is 10.2 Å². The number of carbonyl (C=O) groups excluding carboxylic acids is 1. The van der Waals surface area contributed by atoms with E-state index >= 15 is 0 Å². The molecule has 0 unspecified atom stereocenters. The van der Waals surface area contributed by atoms with Crippen LogP contribution in [-0.4, -0.2) is 47.2 Å². The molecule has 1 aliphatic heterocycles. The van der Waals surface area contributed by atoms with Crippen LogP contribution in [0.5, 0.6) is 0 Å². The van der Waals surface area contributed by atoms with E-state index in [1.54, 1.807) is 0 Å². The summed E-state index contributed by atoms with van der Waals surface area (Å²) in [4.78, 5) is 16.0. The number of benzene rings is 2. The van der Waals surface area contributed by atoms with Crippen molar-refractivity contribution in [1.82, 2.24) is 15.1 Å². The molecule has 154 valence electrons. The molecule has 7 heteroatoms. The van der Waals surface area contributed by atoms with E-state index in [2.05, 4.69) is 36.2 Å². The average Bonchev–Trinajstić information content (AvgIpc) is 2.76. The summed E-state index contributed by atoms with van der Waals surface area (Å²) in [5.41, 5.74) is 3.74. The monoisotopic (exact) mass is 408 g/mol. The van der Waals surface area contributed by atoms with Crippen molar-refractivity contribution < 1.29 is 13.6 Å². The van der Waals surface area contributed by atoms with Crippen LogP contribution >= 0.6 is 0 Å². The fourth-order valence-corrected chi connectivity index (χ4v) is 3.55. The van der Waals surface area contributed by atoms with Gasteiger partial charge in [-0.05, 0) is 55.3 Å². The van der Waals surface area contributed by atoms with Gasteiger partial charge in [0.2, 0.25) is 0 Å². The molecule has 0 bridgehead atoms. The molecule has 0 atom stereocenters. The lowest BCUT2D eigenvalue weighted by Gasteiger charge is -2.35. The standard InChI is InChI=1S/C23H22F2N4O/c1-15-6-7-17(14-16(15)2)20-8-9-21(27-26-20)28-10-12-29(13-11-28)23(30)22-18(24)4-3-5-19(22)25/h3-9,14H,10-13H2,1-2H3. The lowest BCUT2D eigenvalue weighted by molar-refractivity contribution is 0.0736. The zero-order valence-corrected chi connectivity index (χ0v) is 16.9. The van der Waals surface area contributed by atoms with Crippen LogP contribution < -0.4 is 4.90 Å². The van der Waals surface area contributed by atoms with Gasteiger partial charge in [0.1, 0.15) is 17.2 Å². The van der Waals surface area contributed by atoms with E-state index in [0.29, 0.717) is 32.0 Å². The lowest BCUT2D eigenvalue weighted by Crippen LogP contribution is -2.49. The molecule has 0 aliphatic carbocycles. The first kappa shape index (κ1) is 19.9. The Morgan fingerprint density at radius 1 is 0.867 bits per heavy atom. The molecular weight excluding hydrogens is 386 g/mol. The number of anilines is 1. The molecule has 0 radical (unpaired) electrons. The van der Waals surface area contributed by atoms with Crippen molar-refractivity contribution >= 4 is 11.7 Å². The van der Waals surface area contributed by atoms with Gasteiger partial charge >= 0.3 is 0 Å². The van der Waals surface area contributed by atoms with Gasteiger partial charge in [-0.2, -0.15) is 0 Å². The minimum atomic E-state index is -0.838. The number of hydrogen-bond acceptors (Lipinski definition) is 4. The third-order valence-electron chi connectivity index (χ3n) is 5.52. The smallest absolute Gasteiger partial charge is 0.259 e. The van der Waals surface area contributed by atoms with Crippen molar-refractivity contribution in [3.05, 3.63) is 76.9 Å². The van der Waals surface area contributed by atoms with Gasteiger partial charge in [0.15, 0.2) is 5.82 Å². The summed E-state index contributed by atoms with van der Waals surface area (Å²) in [7, 11) is 0. The van der Waals surface area contributed by atoms with E-state index in [-0.39, 0.29) is 0 Å². The maximum Gasteiger partial charge on any atom is 0.259 e. The van der Waals surface area contributed by atoms with Crippen LogP contribution in [0.4, 0.5) is 14.6 Å². The summed E-state index contributed by atoms with van der Waals surface area (Å²) in [5.74, 6) is -1.58. The summed E-state index contributed by atoms with van der Waals surface area (Å²) < 4.78 is 27.8. The number of rotatable bonds is 3. The molecule has 2 aromatic carbocycles. The Bertz CT molecular complexity index is 1060. The molecule has 0 spiro atoms. The SMILES string of the molecule is Cc1ccc(-c2ccc(N3CCN(C(=O)c4c(F)cccc4F)CC3)nn2)cc1C. The molecule has 3 aromatic rings. The van der Waals surface area contributed by atoms with Crippen molar-refractivity contribution in [2.45, 2.75) is 13.8 Å². The maximum atomic E-state index is 13.9. The molecule has 30 heavy (non-hydrogen) atoms. The number of carbonyl (C=O) groups is 1. The fraction of sp³-hybridized carbons (Fsp3) is 0.261. The molecule has 5 nitrogen and oxygen atoms in total. The molecule has 1 saturated heterocycles. The quantitative estimate of drug-likeness (QED) is 0.657. The summed E-state index contributed by atoms with van der Waals surface area (Å²) in [5, 5.41) is 8.69. The van der Waals surface area contributed by atoms with Gasteiger partial charge in [0.05, 0.1) is 5.69 Å². The highest BCUT2D eigenvalue weighted by molar-refractivity contribution is 5.95. The van der Waals surface area contributed by atoms with E-state index < -0.39 is 23.1 Å². The molecule has 2 heterocycles. The van der Waals surface area contributed by atoms with Gasteiger partial charge in [-0.3, -0.25) is 4.79 Å². The van der Waals surface area contributed by atoms with Gasteiger partial charge in [0, 0.05) is 31.7 Å². The highest BCUT2D eigenvalue weighted by atomic mass is 19.1. The molecule has 1 aliphatic rings.